The number of benzene rings is 1. The normalized spacial score (nSPS) is 13.4. The maximum atomic E-state index is 3.69. The quantitative estimate of drug-likeness (QED) is 0.801. The largest absolute Gasteiger partial charge is 0.306 e. The van der Waals surface area contributed by atoms with Crippen molar-refractivity contribution in [2.24, 2.45) is 0 Å². The van der Waals surface area contributed by atoms with Gasteiger partial charge in [0.15, 0.2) is 0 Å². The number of aryl methyl sites for hydroxylation is 2. The van der Waals surface area contributed by atoms with Gasteiger partial charge >= 0.3 is 0 Å². The van der Waals surface area contributed by atoms with E-state index < -0.39 is 0 Å². The van der Waals surface area contributed by atoms with Gasteiger partial charge in [-0.2, -0.15) is 0 Å². The summed E-state index contributed by atoms with van der Waals surface area (Å²) in [6.45, 7) is 14.5. The molecule has 2 aromatic rings. The van der Waals surface area contributed by atoms with Crippen LogP contribution in [0.25, 0.3) is 0 Å². The molecule has 2 rings (SSSR count). The first-order valence-corrected chi connectivity index (χ1v) is 8.56. The Kier molecular flexibility index (Phi) is 4.90. The minimum absolute atomic E-state index is 0.157. The fourth-order valence-electron chi connectivity index (χ4n) is 2.93. The lowest BCUT2D eigenvalue weighted by Gasteiger charge is -2.28. The van der Waals surface area contributed by atoms with Crippen molar-refractivity contribution in [3.63, 3.8) is 0 Å². The van der Waals surface area contributed by atoms with Gasteiger partial charge in [-0.1, -0.05) is 52.0 Å². The lowest BCUT2D eigenvalue weighted by Crippen LogP contribution is -2.25. The highest BCUT2D eigenvalue weighted by atomic mass is 32.1. The third kappa shape index (κ3) is 3.56. The van der Waals surface area contributed by atoms with Crippen LogP contribution in [0.2, 0.25) is 0 Å². The summed E-state index contributed by atoms with van der Waals surface area (Å²) in [5.41, 5.74) is 4.40. The van der Waals surface area contributed by atoms with Crippen LogP contribution >= 0.6 is 11.3 Å². The Balaban J connectivity index is 2.56. The minimum Gasteiger partial charge on any atom is -0.306 e. The van der Waals surface area contributed by atoms with Gasteiger partial charge in [-0.15, -0.1) is 11.3 Å². The molecule has 0 bridgehead atoms. The smallest absolute Gasteiger partial charge is 0.0676 e. The summed E-state index contributed by atoms with van der Waals surface area (Å²) < 4.78 is 0. The molecular weight excluding hydrogens is 274 g/mol. The average Bonchev–Trinajstić information content (AvgIpc) is 2.74. The molecule has 1 aromatic heterocycles. The number of thiophene rings is 1. The fourth-order valence-corrected chi connectivity index (χ4v) is 4.06. The van der Waals surface area contributed by atoms with Crippen molar-refractivity contribution < 1.29 is 0 Å². The Morgan fingerprint density at radius 3 is 2.33 bits per heavy atom. The van der Waals surface area contributed by atoms with Gasteiger partial charge in [0, 0.05) is 9.75 Å². The van der Waals surface area contributed by atoms with Crippen LogP contribution in [-0.4, -0.2) is 6.54 Å². The van der Waals surface area contributed by atoms with Crippen molar-refractivity contribution in [2.75, 3.05) is 6.54 Å². The summed E-state index contributed by atoms with van der Waals surface area (Å²) >= 11 is 1.91. The molecule has 0 fully saturated rings. The molecule has 0 radical (unpaired) electrons. The van der Waals surface area contributed by atoms with Crippen LogP contribution in [0.1, 0.15) is 60.2 Å². The van der Waals surface area contributed by atoms with Gasteiger partial charge in [0.2, 0.25) is 0 Å². The molecule has 0 amide bonds. The van der Waals surface area contributed by atoms with Crippen LogP contribution in [-0.2, 0) is 5.41 Å². The highest BCUT2D eigenvalue weighted by Gasteiger charge is 2.25. The molecule has 0 aliphatic rings. The first-order valence-electron chi connectivity index (χ1n) is 7.74. The average molecular weight is 301 g/mol. The third-order valence-corrected chi connectivity index (χ3v) is 5.05. The molecule has 0 aliphatic heterocycles. The van der Waals surface area contributed by atoms with E-state index in [9.17, 15) is 0 Å². The van der Waals surface area contributed by atoms with Crippen LogP contribution in [0.5, 0.6) is 0 Å². The molecule has 0 spiro atoms. The van der Waals surface area contributed by atoms with Gasteiger partial charge in [-0.3, -0.25) is 0 Å². The second kappa shape index (κ2) is 6.33. The SMILES string of the molecule is CCNC(c1ccccc1C(C)(C)C)c1sc(C)cc1C. The van der Waals surface area contributed by atoms with Gasteiger partial charge in [-0.25, -0.2) is 0 Å². The predicted molar refractivity (Wildman–Crippen MR) is 94.5 cm³/mol. The molecule has 0 saturated heterocycles. The Morgan fingerprint density at radius 1 is 1.14 bits per heavy atom. The Bertz CT molecular complexity index is 604. The Hall–Kier alpha value is -1.12. The van der Waals surface area contributed by atoms with Crippen LogP contribution in [0, 0.1) is 13.8 Å². The highest BCUT2D eigenvalue weighted by Crippen LogP contribution is 2.36. The number of hydrogen-bond donors (Lipinski definition) is 1. The van der Waals surface area contributed by atoms with Crippen LogP contribution in [0.3, 0.4) is 0 Å². The number of rotatable bonds is 4. The standard InChI is InChI=1S/C19H27NS/c1-7-20-17(18-13(2)12-14(3)21-18)15-10-8-9-11-16(15)19(4,5)6/h8-12,17,20H,7H2,1-6H3. The van der Waals surface area contributed by atoms with Gasteiger partial charge in [0.05, 0.1) is 6.04 Å². The minimum atomic E-state index is 0.157. The lowest BCUT2D eigenvalue weighted by atomic mass is 9.81. The molecule has 0 aliphatic carbocycles. The first-order chi connectivity index (χ1) is 9.84. The van der Waals surface area contributed by atoms with E-state index in [0.717, 1.165) is 6.54 Å². The molecule has 114 valence electrons. The summed E-state index contributed by atoms with van der Waals surface area (Å²) in [5.74, 6) is 0. The van der Waals surface area contributed by atoms with Crippen molar-refractivity contribution in [3.05, 3.63) is 56.8 Å². The summed E-state index contributed by atoms with van der Waals surface area (Å²) in [7, 11) is 0. The van der Waals surface area contributed by atoms with E-state index in [1.54, 1.807) is 0 Å². The van der Waals surface area contributed by atoms with E-state index in [1.165, 1.54) is 26.4 Å². The van der Waals surface area contributed by atoms with Crippen molar-refractivity contribution in [2.45, 2.75) is 53.0 Å². The molecule has 1 aromatic carbocycles. The van der Waals surface area contributed by atoms with Gasteiger partial charge < -0.3 is 5.32 Å². The van der Waals surface area contributed by atoms with E-state index in [0.29, 0.717) is 6.04 Å². The summed E-state index contributed by atoms with van der Waals surface area (Å²) in [6.07, 6.45) is 0. The van der Waals surface area contributed by atoms with E-state index >= 15 is 0 Å². The molecule has 1 unspecified atom stereocenters. The van der Waals surface area contributed by atoms with Gasteiger partial charge in [0.25, 0.3) is 0 Å². The molecule has 1 nitrogen and oxygen atoms in total. The van der Waals surface area contributed by atoms with E-state index in [1.807, 2.05) is 11.3 Å². The zero-order valence-corrected chi connectivity index (χ0v) is 14.9. The van der Waals surface area contributed by atoms with E-state index in [4.69, 9.17) is 0 Å². The Morgan fingerprint density at radius 2 is 1.81 bits per heavy atom. The monoisotopic (exact) mass is 301 g/mol. The van der Waals surface area contributed by atoms with Crippen molar-refractivity contribution in [1.82, 2.24) is 5.32 Å². The summed E-state index contributed by atoms with van der Waals surface area (Å²) in [4.78, 5) is 2.84. The maximum Gasteiger partial charge on any atom is 0.0676 e. The molecule has 0 saturated carbocycles. The zero-order valence-electron chi connectivity index (χ0n) is 14.1. The summed E-state index contributed by atoms with van der Waals surface area (Å²) in [6, 6.07) is 11.5. The Labute approximate surface area is 133 Å². The lowest BCUT2D eigenvalue weighted by molar-refractivity contribution is 0.559. The molecule has 21 heavy (non-hydrogen) atoms. The second-order valence-electron chi connectivity index (χ2n) is 6.73. The molecule has 1 N–H and O–H groups in total. The molecular formula is C19H27NS. The van der Waals surface area contributed by atoms with Crippen LogP contribution < -0.4 is 5.32 Å². The summed E-state index contributed by atoms with van der Waals surface area (Å²) in [5, 5.41) is 3.69. The van der Waals surface area contributed by atoms with Crippen LogP contribution in [0.15, 0.2) is 30.3 Å². The maximum absolute atomic E-state index is 3.69. The highest BCUT2D eigenvalue weighted by molar-refractivity contribution is 7.12. The second-order valence-corrected chi connectivity index (χ2v) is 8.02. The van der Waals surface area contributed by atoms with Crippen molar-refractivity contribution in [3.8, 4) is 0 Å². The zero-order chi connectivity index (χ0) is 15.6. The van der Waals surface area contributed by atoms with Gasteiger partial charge in [-0.05, 0) is 48.6 Å². The third-order valence-electron chi connectivity index (χ3n) is 3.83. The van der Waals surface area contributed by atoms with Crippen molar-refractivity contribution >= 4 is 11.3 Å². The van der Waals surface area contributed by atoms with Crippen molar-refractivity contribution in [1.29, 1.82) is 0 Å². The first kappa shape index (κ1) is 16.3. The topological polar surface area (TPSA) is 12.0 Å². The van der Waals surface area contributed by atoms with Gasteiger partial charge in [0.1, 0.15) is 0 Å². The number of nitrogens with one attached hydrogen (secondary N) is 1. The van der Waals surface area contributed by atoms with E-state index in [2.05, 4.69) is 77.2 Å². The fraction of sp³-hybridized carbons (Fsp3) is 0.474. The van der Waals surface area contributed by atoms with E-state index in [-0.39, 0.29) is 5.41 Å². The predicted octanol–water partition coefficient (Wildman–Crippen LogP) is 5.36. The molecule has 1 atom stereocenters. The number of hydrogen-bond acceptors (Lipinski definition) is 2. The van der Waals surface area contributed by atoms with Crippen LogP contribution in [0.4, 0.5) is 0 Å². The molecule has 2 heteroatoms. The molecule has 1 heterocycles.